The van der Waals surface area contributed by atoms with E-state index in [9.17, 15) is 9.59 Å². The first kappa shape index (κ1) is 11.8. The molecule has 88 valence electrons. The van der Waals surface area contributed by atoms with Gasteiger partial charge in [0.25, 0.3) is 0 Å². The third-order valence-corrected chi connectivity index (χ3v) is 3.94. The lowest BCUT2D eigenvalue weighted by Crippen LogP contribution is -2.21. The van der Waals surface area contributed by atoms with Crippen LogP contribution in [0.2, 0.25) is 0 Å². The minimum Gasteiger partial charge on any atom is -0.285 e. The molecule has 0 fully saturated rings. The predicted octanol–water partition coefficient (Wildman–Crippen LogP) is 4.26. The van der Waals surface area contributed by atoms with Crippen molar-refractivity contribution in [1.29, 1.82) is 0 Å². The lowest BCUT2D eigenvalue weighted by molar-refractivity contribution is 0.0815. The van der Waals surface area contributed by atoms with Crippen LogP contribution in [0.4, 0.5) is 0 Å². The Morgan fingerprint density at radius 3 is 1.78 bits per heavy atom. The Kier molecular flexibility index (Phi) is 2.72. The van der Waals surface area contributed by atoms with Gasteiger partial charge in [0.05, 0.1) is 0 Å². The fourth-order valence-electron chi connectivity index (χ4n) is 2.12. The van der Waals surface area contributed by atoms with Crippen LogP contribution in [-0.4, -0.2) is 11.6 Å². The van der Waals surface area contributed by atoms with Gasteiger partial charge in [-0.3, -0.25) is 9.59 Å². The molecule has 18 heavy (non-hydrogen) atoms. The second-order valence-electron chi connectivity index (χ2n) is 4.04. The van der Waals surface area contributed by atoms with E-state index in [1.165, 1.54) is 0 Å². The van der Waals surface area contributed by atoms with Crippen molar-refractivity contribution >= 4 is 43.4 Å². The predicted molar refractivity (Wildman–Crippen MR) is 75.9 cm³/mol. The molecule has 0 N–H and O–H groups in total. The van der Waals surface area contributed by atoms with Crippen LogP contribution < -0.4 is 0 Å². The van der Waals surface area contributed by atoms with Gasteiger partial charge in [0.1, 0.15) is 0 Å². The van der Waals surface area contributed by atoms with Crippen molar-refractivity contribution in [2.45, 2.75) is 0 Å². The zero-order valence-electron chi connectivity index (χ0n) is 9.04. The fourth-order valence-corrected chi connectivity index (χ4v) is 2.84. The average molecular weight is 366 g/mol. The highest BCUT2D eigenvalue weighted by atomic mass is 79.9. The number of carbonyl (C=O) groups excluding carboxylic acids is 2. The molecule has 0 unspecified atom stereocenters. The van der Waals surface area contributed by atoms with Gasteiger partial charge in [0.15, 0.2) is 0 Å². The summed E-state index contributed by atoms with van der Waals surface area (Å²) in [4.78, 5) is 24.1. The van der Waals surface area contributed by atoms with E-state index in [0.717, 1.165) is 20.1 Å². The van der Waals surface area contributed by atoms with Crippen molar-refractivity contribution in [2.24, 2.45) is 0 Å². The second kappa shape index (κ2) is 4.14. The number of hydrogen-bond donors (Lipinski definition) is 0. The van der Waals surface area contributed by atoms with Crippen molar-refractivity contribution in [2.75, 3.05) is 0 Å². The molecular formula is C14H6Br2O2. The van der Waals surface area contributed by atoms with Gasteiger partial charge in [0.2, 0.25) is 11.6 Å². The van der Waals surface area contributed by atoms with Crippen LogP contribution in [0.3, 0.4) is 0 Å². The largest absolute Gasteiger partial charge is 0.285 e. The van der Waals surface area contributed by atoms with Gasteiger partial charge in [-0.25, -0.2) is 0 Å². The molecule has 0 aromatic heterocycles. The topological polar surface area (TPSA) is 34.1 Å². The molecule has 2 nitrogen and oxygen atoms in total. The fraction of sp³-hybridized carbons (Fsp3) is 0. The van der Waals surface area contributed by atoms with Crippen molar-refractivity contribution in [1.82, 2.24) is 0 Å². The van der Waals surface area contributed by atoms with Crippen LogP contribution in [0.5, 0.6) is 0 Å². The lowest BCUT2D eigenvalue weighted by atomic mass is 9.84. The molecule has 3 rings (SSSR count). The van der Waals surface area contributed by atoms with E-state index in [1.807, 2.05) is 18.2 Å². The molecule has 0 saturated heterocycles. The number of hydrogen-bond acceptors (Lipinski definition) is 2. The smallest absolute Gasteiger partial charge is 0.234 e. The van der Waals surface area contributed by atoms with Crippen molar-refractivity contribution < 1.29 is 9.59 Å². The summed E-state index contributed by atoms with van der Waals surface area (Å²) >= 11 is 6.71. The van der Waals surface area contributed by atoms with Gasteiger partial charge in [-0.2, -0.15) is 0 Å². The molecule has 2 aromatic carbocycles. The molecule has 0 radical (unpaired) electrons. The Morgan fingerprint density at radius 1 is 0.611 bits per heavy atom. The van der Waals surface area contributed by atoms with E-state index in [4.69, 9.17) is 0 Å². The van der Waals surface area contributed by atoms with E-state index in [2.05, 4.69) is 31.9 Å². The number of ketones is 2. The molecule has 0 amide bonds. The van der Waals surface area contributed by atoms with Crippen LogP contribution in [0.25, 0.3) is 11.1 Å². The summed E-state index contributed by atoms with van der Waals surface area (Å²) in [5.74, 6) is -0.885. The van der Waals surface area contributed by atoms with Crippen LogP contribution in [-0.2, 0) is 0 Å². The van der Waals surface area contributed by atoms with Gasteiger partial charge in [-0.05, 0) is 41.5 Å². The molecule has 2 aromatic rings. The third kappa shape index (κ3) is 1.68. The Balaban J connectivity index is 2.39. The van der Waals surface area contributed by atoms with Gasteiger partial charge in [-0.15, -0.1) is 0 Å². The number of fused-ring (bicyclic) bond motifs is 3. The molecule has 0 atom stereocenters. The summed E-state index contributed by atoms with van der Waals surface area (Å²) in [7, 11) is 0. The molecular weight excluding hydrogens is 360 g/mol. The Bertz CT molecular complexity index is 705. The molecule has 1 aliphatic rings. The van der Waals surface area contributed by atoms with Gasteiger partial charge in [-0.1, -0.05) is 37.9 Å². The maximum Gasteiger partial charge on any atom is 0.234 e. The second-order valence-corrected chi connectivity index (χ2v) is 5.87. The molecule has 0 spiro atoms. The summed E-state index contributed by atoms with van der Waals surface area (Å²) in [6, 6.07) is 10.7. The summed E-state index contributed by atoms with van der Waals surface area (Å²) in [6.07, 6.45) is 0. The zero-order valence-corrected chi connectivity index (χ0v) is 12.2. The molecule has 4 heteroatoms. The first-order chi connectivity index (χ1) is 8.58. The number of carbonyl (C=O) groups is 2. The normalized spacial score (nSPS) is 13.2. The number of benzene rings is 2. The quantitative estimate of drug-likeness (QED) is 0.654. The molecule has 1 aliphatic carbocycles. The summed E-state index contributed by atoms with van der Waals surface area (Å²) < 4.78 is 1.68. The lowest BCUT2D eigenvalue weighted by Gasteiger charge is -2.18. The standard InChI is InChI=1S/C14H6Br2O2/c15-7-2-4-10-11(5-7)9-3-1-8(16)6-12(9)14(18)13(10)17/h1-6H. The van der Waals surface area contributed by atoms with Crippen molar-refractivity contribution in [3.8, 4) is 11.1 Å². The highest BCUT2D eigenvalue weighted by molar-refractivity contribution is 9.10. The number of halogens is 2. The first-order valence-corrected chi connectivity index (χ1v) is 6.85. The van der Waals surface area contributed by atoms with Crippen LogP contribution in [0.1, 0.15) is 20.7 Å². The SMILES string of the molecule is O=C1C(=O)c2ccc(Br)cc2-c2ccc(Br)cc21. The molecule has 0 heterocycles. The van der Waals surface area contributed by atoms with Crippen molar-refractivity contribution in [3.63, 3.8) is 0 Å². The van der Waals surface area contributed by atoms with E-state index in [1.54, 1.807) is 18.2 Å². The Hall–Kier alpha value is -1.26. The van der Waals surface area contributed by atoms with Gasteiger partial charge >= 0.3 is 0 Å². The maximum absolute atomic E-state index is 12.0. The maximum atomic E-state index is 12.0. The van der Waals surface area contributed by atoms with E-state index in [0.29, 0.717) is 11.1 Å². The van der Waals surface area contributed by atoms with Gasteiger partial charge in [0, 0.05) is 20.1 Å². The van der Waals surface area contributed by atoms with E-state index >= 15 is 0 Å². The highest BCUT2D eigenvalue weighted by Crippen LogP contribution is 2.36. The van der Waals surface area contributed by atoms with Crippen LogP contribution in [0.15, 0.2) is 45.3 Å². The summed E-state index contributed by atoms with van der Waals surface area (Å²) in [5, 5.41) is 0. The molecule has 0 aliphatic heterocycles. The van der Waals surface area contributed by atoms with Crippen molar-refractivity contribution in [3.05, 3.63) is 56.5 Å². The molecule has 0 saturated carbocycles. The number of rotatable bonds is 0. The van der Waals surface area contributed by atoms with Gasteiger partial charge < -0.3 is 0 Å². The number of Topliss-reactive ketones (excluding diaryl/α,β-unsaturated/α-hetero) is 2. The summed E-state index contributed by atoms with van der Waals surface area (Å²) in [5.41, 5.74) is 2.54. The minimum absolute atomic E-state index is 0.442. The first-order valence-electron chi connectivity index (χ1n) is 5.26. The zero-order chi connectivity index (χ0) is 12.9. The third-order valence-electron chi connectivity index (χ3n) is 2.95. The Morgan fingerprint density at radius 2 is 1.11 bits per heavy atom. The van der Waals surface area contributed by atoms with E-state index in [-0.39, 0.29) is 0 Å². The van der Waals surface area contributed by atoms with Crippen LogP contribution >= 0.6 is 31.9 Å². The van der Waals surface area contributed by atoms with E-state index < -0.39 is 11.6 Å². The highest BCUT2D eigenvalue weighted by Gasteiger charge is 2.30. The van der Waals surface area contributed by atoms with Crippen LogP contribution in [0, 0.1) is 0 Å². The minimum atomic E-state index is -0.443. The molecule has 0 bridgehead atoms. The summed E-state index contributed by atoms with van der Waals surface area (Å²) in [6.45, 7) is 0. The average Bonchev–Trinajstić information content (AvgIpc) is 2.35. The monoisotopic (exact) mass is 364 g/mol. The Labute approximate surface area is 120 Å².